The number of carbonyl (C=O) groups is 1. The zero-order valence-corrected chi connectivity index (χ0v) is 13.5. The average molecular weight is 310 g/mol. The lowest BCUT2D eigenvalue weighted by Gasteiger charge is -2.13. The van der Waals surface area contributed by atoms with Gasteiger partial charge in [0, 0.05) is 11.3 Å². The van der Waals surface area contributed by atoms with Crippen LogP contribution in [0.25, 0.3) is 0 Å². The maximum absolute atomic E-state index is 12.1. The molecule has 0 saturated heterocycles. The molecule has 0 spiro atoms. The summed E-state index contributed by atoms with van der Waals surface area (Å²) in [6.07, 6.45) is 0.227. The third-order valence-electron chi connectivity index (χ3n) is 5.10. The molecule has 2 aromatic rings. The minimum absolute atomic E-state index is 0.124. The van der Waals surface area contributed by atoms with Gasteiger partial charge >= 0.3 is 5.97 Å². The Bertz CT molecular complexity index is 679. The van der Waals surface area contributed by atoms with Crippen LogP contribution in [0.3, 0.4) is 0 Å². The van der Waals surface area contributed by atoms with E-state index in [1.807, 2.05) is 74.5 Å². The van der Waals surface area contributed by atoms with Gasteiger partial charge in [-0.1, -0.05) is 74.5 Å². The molecule has 1 aliphatic carbocycles. The first-order valence-electron chi connectivity index (χ1n) is 7.93. The van der Waals surface area contributed by atoms with Crippen LogP contribution in [0.5, 0.6) is 0 Å². The molecule has 0 unspecified atom stereocenters. The molecule has 1 fully saturated rings. The maximum atomic E-state index is 12.1. The van der Waals surface area contributed by atoms with E-state index in [4.69, 9.17) is 4.74 Å². The van der Waals surface area contributed by atoms with Crippen molar-refractivity contribution in [2.75, 3.05) is 0 Å². The van der Waals surface area contributed by atoms with Crippen molar-refractivity contribution < 1.29 is 14.6 Å². The smallest absolute Gasteiger partial charge is 0.306 e. The maximum Gasteiger partial charge on any atom is 0.306 e. The van der Waals surface area contributed by atoms with E-state index in [2.05, 4.69) is 0 Å². The number of hydrogen-bond acceptors (Lipinski definition) is 3. The molecule has 0 aromatic heterocycles. The van der Waals surface area contributed by atoms with Crippen LogP contribution in [0, 0.1) is 11.3 Å². The Labute approximate surface area is 136 Å². The van der Waals surface area contributed by atoms with Crippen molar-refractivity contribution in [1.29, 1.82) is 0 Å². The summed E-state index contributed by atoms with van der Waals surface area (Å²) in [5.41, 5.74) is 0.542. The Morgan fingerprint density at radius 3 is 2.22 bits per heavy atom. The molecular weight excluding hydrogens is 288 g/mol. The minimum atomic E-state index is -0.958. The molecular formula is C20H22O3. The van der Waals surface area contributed by atoms with Crippen LogP contribution < -0.4 is 0 Å². The van der Waals surface area contributed by atoms with Crippen LogP contribution >= 0.6 is 0 Å². The average Bonchev–Trinajstić information content (AvgIpc) is 3.01. The van der Waals surface area contributed by atoms with Crippen LogP contribution in [0.1, 0.15) is 31.4 Å². The number of esters is 1. The van der Waals surface area contributed by atoms with E-state index in [9.17, 15) is 9.90 Å². The van der Waals surface area contributed by atoms with Crippen molar-refractivity contribution in [2.24, 2.45) is 11.3 Å². The molecule has 2 aromatic carbocycles. The second kappa shape index (κ2) is 5.82. The molecule has 120 valence electrons. The first-order valence-corrected chi connectivity index (χ1v) is 7.93. The summed E-state index contributed by atoms with van der Waals surface area (Å²) in [6, 6.07) is 19.2. The highest BCUT2D eigenvalue weighted by atomic mass is 16.5. The first-order chi connectivity index (χ1) is 11.0. The molecule has 3 nitrogen and oxygen atoms in total. The van der Waals surface area contributed by atoms with E-state index in [0.29, 0.717) is 0 Å². The predicted octanol–water partition coefficient (Wildman–Crippen LogP) is 3.66. The Balaban J connectivity index is 1.63. The van der Waals surface area contributed by atoms with Crippen molar-refractivity contribution in [2.45, 2.75) is 32.5 Å². The summed E-state index contributed by atoms with van der Waals surface area (Å²) in [5.74, 6) is -0.389. The normalized spacial score (nSPS) is 24.9. The molecule has 3 heteroatoms. The highest BCUT2D eigenvalue weighted by Crippen LogP contribution is 2.69. The van der Waals surface area contributed by atoms with Crippen molar-refractivity contribution >= 4 is 5.97 Å². The van der Waals surface area contributed by atoms with E-state index in [1.54, 1.807) is 0 Å². The molecule has 0 heterocycles. The summed E-state index contributed by atoms with van der Waals surface area (Å²) >= 11 is 0. The number of benzene rings is 2. The highest BCUT2D eigenvalue weighted by molar-refractivity contribution is 5.71. The zero-order chi connectivity index (χ0) is 16.5. The Morgan fingerprint density at radius 1 is 1.04 bits per heavy atom. The van der Waals surface area contributed by atoms with Crippen LogP contribution in [0.2, 0.25) is 0 Å². The third kappa shape index (κ3) is 2.77. The minimum Gasteiger partial charge on any atom is -0.461 e. The molecule has 0 radical (unpaired) electrons. The molecule has 2 atom stereocenters. The SMILES string of the molecule is CC1(C)[C@@H](CC(=O)OCc2ccccc2)[C@@]1(O)c1ccccc1. The topological polar surface area (TPSA) is 46.5 Å². The molecule has 1 N–H and O–H groups in total. The second-order valence-corrected chi connectivity index (χ2v) is 6.76. The van der Waals surface area contributed by atoms with Gasteiger partial charge in [-0.15, -0.1) is 0 Å². The Hall–Kier alpha value is -2.13. The van der Waals surface area contributed by atoms with Gasteiger partial charge in [-0.2, -0.15) is 0 Å². The van der Waals surface area contributed by atoms with Gasteiger partial charge < -0.3 is 9.84 Å². The molecule has 3 rings (SSSR count). The lowest BCUT2D eigenvalue weighted by molar-refractivity contribution is -0.146. The van der Waals surface area contributed by atoms with E-state index >= 15 is 0 Å². The Morgan fingerprint density at radius 2 is 1.61 bits per heavy atom. The van der Waals surface area contributed by atoms with E-state index in [1.165, 1.54) is 0 Å². The van der Waals surface area contributed by atoms with Crippen molar-refractivity contribution in [3.63, 3.8) is 0 Å². The third-order valence-corrected chi connectivity index (χ3v) is 5.10. The highest BCUT2D eigenvalue weighted by Gasteiger charge is 2.71. The van der Waals surface area contributed by atoms with Gasteiger partial charge in [-0.3, -0.25) is 4.79 Å². The number of hydrogen-bond donors (Lipinski definition) is 1. The van der Waals surface area contributed by atoms with Gasteiger partial charge in [0.15, 0.2) is 0 Å². The van der Waals surface area contributed by atoms with E-state index in [-0.39, 0.29) is 30.3 Å². The fourth-order valence-electron chi connectivity index (χ4n) is 3.48. The Kier molecular flexibility index (Phi) is 3.99. The summed E-state index contributed by atoms with van der Waals surface area (Å²) < 4.78 is 5.35. The van der Waals surface area contributed by atoms with Crippen LogP contribution in [-0.4, -0.2) is 11.1 Å². The molecule has 0 bridgehead atoms. The van der Waals surface area contributed by atoms with Gasteiger partial charge in [0.25, 0.3) is 0 Å². The van der Waals surface area contributed by atoms with Crippen LogP contribution in [0.4, 0.5) is 0 Å². The van der Waals surface area contributed by atoms with Gasteiger partial charge in [-0.25, -0.2) is 0 Å². The summed E-state index contributed by atoms with van der Waals surface area (Å²) in [4.78, 5) is 12.1. The number of aliphatic hydroxyl groups is 1. The van der Waals surface area contributed by atoms with Crippen molar-refractivity contribution in [3.8, 4) is 0 Å². The predicted molar refractivity (Wildman–Crippen MR) is 88.5 cm³/mol. The van der Waals surface area contributed by atoms with Gasteiger partial charge in [0.05, 0.1) is 12.0 Å². The van der Waals surface area contributed by atoms with Gasteiger partial charge in [-0.05, 0) is 11.1 Å². The summed E-state index contributed by atoms with van der Waals surface area (Å²) in [7, 11) is 0. The largest absolute Gasteiger partial charge is 0.461 e. The number of carbonyl (C=O) groups excluding carboxylic acids is 1. The standard InChI is InChI=1S/C20H22O3/c1-19(2)17(20(19,22)16-11-7-4-8-12-16)13-18(21)23-14-15-9-5-3-6-10-15/h3-12,17,22H,13-14H2,1-2H3/t17-,20+/m1/s1. The van der Waals surface area contributed by atoms with Crippen molar-refractivity contribution in [1.82, 2.24) is 0 Å². The molecule has 23 heavy (non-hydrogen) atoms. The van der Waals surface area contributed by atoms with Gasteiger partial charge in [0.1, 0.15) is 6.61 Å². The molecule has 0 aliphatic heterocycles. The fraction of sp³-hybridized carbons (Fsp3) is 0.350. The summed E-state index contributed by atoms with van der Waals surface area (Å²) in [6.45, 7) is 4.26. The molecule has 0 amide bonds. The lowest BCUT2D eigenvalue weighted by atomic mass is 9.99. The molecule has 1 saturated carbocycles. The van der Waals surface area contributed by atoms with E-state index in [0.717, 1.165) is 11.1 Å². The number of rotatable bonds is 5. The number of ether oxygens (including phenoxy) is 1. The monoisotopic (exact) mass is 310 g/mol. The quantitative estimate of drug-likeness (QED) is 0.857. The lowest BCUT2D eigenvalue weighted by Crippen LogP contribution is -2.14. The van der Waals surface area contributed by atoms with Crippen LogP contribution in [-0.2, 0) is 21.7 Å². The first kappa shape index (κ1) is 15.8. The zero-order valence-electron chi connectivity index (χ0n) is 13.5. The molecule has 1 aliphatic rings. The van der Waals surface area contributed by atoms with Crippen molar-refractivity contribution in [3.05, 3.63) is 71.8 Å². The fourth-order valence-corrected chi connectivity index (χ4v) is 3.48. The summed E-state index contributed by atoms with van der Waals surface area (Å²) in [5, 5.41) is 11.0. The van der Waals surface area contributed by atoms with E-state index < -0.39 is 5.60 Å². The van der Waals surface area contributed by atoms with Crippen LogP contribution in [0.15, 0.2) is 60.7 Å². The van der Waals surface area contributed by atoms with Gasteiger partial charge in [0.2, 0.25) is 0 Å². The second-order valence-electron chi connectivity index (χ2n) is 6.76.